The van der Waals surface area contributed by atoms with Crippen LogP contribution in [0.3, 0.4) is 0 Å². The first-order valence-electron chi connectivity index (χ1n) is 5.44. The minimum absolute atomic E-state index is 0.232. The van der Waals surface area contributed by atoms with Crippen molar-refractivity contribution in [3.8, 4) is 0 Å². The molecular weight excluding hydrogens is 236 g/mol. The highest BCUT2D eigenvalue weighted by Crippen LogP contribution is 2.20. The van der Waals surface area contributed by atoms with E-state index in [0.29, 0.717) is 11.3 Å². The summed E-state index contributed by atoms with van der Waals surface area (Å²) in [4.78, 5) is 34.1. The second-order valence-corrected chi connectivity index (χ2v) is 4.12. The fourth-order valence-electron chi connectivity index (χ4n) is 1.61. The summed E-state index contributed by atoms with van der Waals surface area (Å²) in [6.45, 7) is 3.46. The van der Waals surface area contributed by atoms with Gasteiger partial charge in [0.15, 0.2) is 0 Å². The maximum Gasteiger partial charge on any atom is 0.411 e. The van der Waals surface area contributed by atoms with Gasteiger partial charge in [0, 0.05) is 5.69 Å². The van der Waals surface area contributed by atoms with Gasteiger partial charge in [0.25, 0.3) is 11.8 Å². The molecule has 1 aromatic rings. The topological polar surface area (TPSA) is 84.5 Å². The maximum absolute atomic E-state index is 11.4. The first-order valence-corrected chi connectivity index (χ1v) is 5.44. The van der Waals surface area contributed by atoms with Crippen molar-refractivity contribution in [3.05, 3.63) is 29.3 Å². The number of rotatable bonds is 2. The van der Waals surface area contributed by atoms with Gasteiger partial charge in [-0.3, -0.25) is 20.2 Å². The summed E-state index contributed by atoms with van der Waals surface area (Å²) >= 11 is 0. The molecule has 0 unspecified atom stereocenters. The average molecular weight is 248 g/mol. The summed E-state index contributed by atoms with van der Waals surface area (Å²) in [6.07, 6.45) is -0.834. The Balaban J connectivity index is 2.18. The Morgan fingerprint density at radius 3 is 2.56 bits per heavy atom. The van der Waals surface area contributed by atoms with Gasteiger partial charge in [0.05, 0.1) is 17.2 Å². The lowest BCUT2D eigenvalue weighted by atomic mass is 10.1. The number of fused-ring (bicyclic) bond motifs is 1. The highest BCUT2D eigenvalue weighted by molar-refractivity contribution is 6.21. The lowest BCUT2D eigenvalue weighted by molar-refractivity contribution is 0.0879. The second kappa shape index (κ2) is 4.48. The highest BCUT2D eigenvalue weighted by atomic mass is 16.6. The molecular formula is C12H12N2O4. The van der Waals surface area contributed by atoms with Crippen LogP contribution in [0.2, 0.25) is 0 Å². The van der Waals surface area contributed by atoms with E-state index in [9.17, 15) is 14.4 Å². The molecule has 2 N–H and O–H groups in total. The zero-order valence-electron chi connectivity index (χ0n) is 9.94. The van der Waals surface area contributed by atoms with E-state index < -0.39 is 17.9 Å². The standard InChI is InChI=1S/C12H12N2O4/c1-6(2)18-12(17)13-7-3-4-8-9(5-7)11(16)14-10(8)15/h3-6H,1-2H3,(H,13,17)(H,14,15,16). The maximum atomic E-state index is 11.4. The molecule has 6 nitrogen and oxygen atoms in total. The molecule has 0 aromatic heterocycles. The lowest BCUT2D eigenvalue weighted by Crippen LogP contribution is -2.20. The van der Waals surface area contributed by atoms with Crippen molar-refractivity contribution in [2.75, 3.05) is 5.32 Å². The summed E-state index contributed by atoms with van der Waals surface area (Å²) in [5, 5.41) is 4.66. The van der Waals surface area contributed by atoms with Crippen LogP contribution in [0, 0.1) is 0 Å². The Morgan fingerprint density at radius 1 is 1.22 bits per heavy atom. The largest absolute Gasteiger partial charge is 0.447 e. The van der Waals surface area contributed by atoms with Crippen molar-refractivity contribution in [1.29, 1.82) is 0 Å². The van der Waals surface area contributed by atoms with Crippen LogP contribution >= 0.6 is 0 Å². The number of benzene rings is 1. The number of nitrogens with one attached hydrogen (secondary N) is 2. The smallest absolute Gasteiger partial charge is 0.411 e. The van der Waals surface area contributed by atoms with E-state index in [1.165, 1.54) is 12.1 Å². The SMILES string of the molecule is CC(C)OC(=O)Nc1ccc2c(c1)C(=O)NC2=O. The Labute approximate surface area is 103 Å². The van der Waals surface area contributed by atoms with Gasteiger partial charge in [0.1, 0.15) is 0 Å². The third-order valence-corrected chi connectivity index (χ3v) is 2.33. The molecule has 0 saturated carbocycles. The van der Waals surface area contributed by atoms with E-state index >= 15 is 0 Å². The number of carbonyl (C=O) groups excluding carboxylic acids is 3. The van der Waals surface area contributed by atoms with Gasteiger partial charge in [0.2, 0.25) is 0 Å². The molecule has 1 aliphatic heterocycles. The first kappa shape index (κ1) is 12.1. The molecule has 0 saturated heterocycles. The van der Waals surface area contributed by atoms with Crippen LogP contribution < -0.4 is 10.6 Å². The zero-order valence-corrected chi connectivity index (χ0v) is 9.94. The molecule has 18 heavy (non-hydrogen) atoms. The minimum atomic E-state index is -0.602. The zero-order chi connectivity index (χ0) is 13.3. The van der Waals surface area contributed by atoms with E-state index in [4.69, 9.17) is 4.74 Å². The molecule has 3 amide bonds. The molecule has 94 valence electrons. The average Bonchev–Trinajstić information content (AvgIpc) is 2.53. The van der Waals surface area contributed by atoms with Crippen LogP contribution in [0.25, 0.3) is 0 Å². The van der Waals surface area contributed by atoms with Crippen molar-refractivity contribution in [3.63, 3.8) is 0 Å². The molecule has 1 aliphatic rings. The molecule has 0 bridgehead atoms. The van der Waals surface area contributed by atoms with Crippen molar-refractivity contribution in [2.45, 2.75) is 20.0 Å². The van der Waals surface area contributed by atoms with Crippen LogP contribution in [-0.2, 0) is 4.74 Å². The number of anilines is 1. The van der Waals surface area contributed by atoms with Crippen LogP contribution in [0.15, 0.2) is 18.2 Å². The molecule has 0 radical (unpaired) electrons. The fraction of sp³-hybridized carbons (Fsp3) is 0.250. The minimum Gasteiger partial charge on any atom is -0.447 e. The summed E-state index contributed by atoms with van der Waals surface area (Å²) in [5.41, 5.74) is 0.967. The fourth-order valence-corrected chi connectivity index (χ4v) is 1.61. The molecule has 6 heteroatoms. The monoisotopic (exact) mass is 248 g/mol. The van der Waals surface area contributed by atoms with Crippen LogP contribution in [0.4, 0.5) is 10.5 Å². The van der Waals surface area contributed by atoms with E-state index in [1.807, 2.05) is 0 Å². The van der Waals surface area contributed by atoms with Crippen molar-refractivity contribution < 1.29 is 19.1 Å². The Kier molecular flexibility index (Phi) is 3.01. The van der Waals surface area contributed by atoms with Gasteiger partial charge in [-0.05, 0) is 32.0 Å². The molecule has 1 heterocycles. The van der Waals surface area contributed by atoms with E-state index in [0.717, 1.165) is 0 Å². The summed E-state index contributed by atoms with van der Waals surface area (Å²) in [7, 11) is 0. The molecule has 0 atom stereocenters. The quantitative estimate of drug-likeness (QED) is 0.777. The van der Waals surface area contributed by atoms with Gasteiger partial charge >= 0.3 is 6.09 Å². The summed E-state index contributed by atoms with van der Waals surface area (Å²) < 4.78 is 4.90. The van der Waals surface area contributed by atoms with Crippen LogP contribution in [0.5, 0.6) is 0 Å². The number of ether oxygens (including phenoxy) is 1. The Morgan fingerprint density at radius 2 is 1.89 bits per heavy atom. The summed E-state index contributed by atoms with van der Waals surface area (Å²) in [6, 6.07) is 4.47. The molecule has 1 aromatic carbocycles. The van der Waals surface area contributed by atoms with E-state index in [1.54, 1.807) is 19.9 Å². The normalized spacial score (nSPS) is 13.3. The number of amides is 3. The van der Waals surface area contributed by atoms with Gasteiger partial charge < -0.3 is 4.74 Å². The highest BCUT2D eigenvalue weighted by Gasteiger charge is 2.26. The Hall–Kier alpha value is -2.37. The van der Waals surface area contributed by atoms with Gasteiger partial charge in [-0.15, -0.1) is 0 Å². The van der Waals surface area contributed by atoms with Crippen molar-refractivity contribution in [1.82, 2.24) is 5.32 Å². The number of carbonyl (C=O) groups is 3. The number of imide groups is 1. The third kappa shape index (κ3) is 2.32. The van der Waals surface area contributed by atoms with Gasteiger partial charge in [-0.2, -0.15) is 0 Å². The van der Waals surface area contributed by atoms with E-state index in [2.05, 4.69) is 10.6 Å². The second-order valence-electron chi connectivity index (χ2n) is 4.12. The number of hydrogen-bond acceptors (Lipinski definition) is 4. The van der Waals surface area contributed by atoms with Crippen molar-refractivity contribution in [2.24, 2.45) is 0 Å². The van der Waals surface area contributed by atoms with Crippen LogP contribution in [0.1, 0.15) is 34.6 Å². The first-order chi connectivity index (χ1) is 8.47. The molecule has 0 aliphatic carbocycles. The lowest BCUT2D eigenvalue weighted by Gasteiger charge is -2.09. The van der Waals surface area contributed by atoms with Gasteiger partial charge in [-0.1, -0.05) is 0 Å². The number of hydrogen-bond donors (Lipinski definition) is 2. The predicted octanol–water partition coefficient (Wildman–Crippen LogP) is 1.53. The van der Waals surface area contributed by atoms with Gasteiger partial charge in [-0.25, -0.2) is 4.79 Å². The predicted molar refractivity (Wildman–Crippen MR) is 63.5 cm³/mol. The molecule has 2 rings (SSSR count). The molecule has 0 fully saturated rings. The summed E-state index contributed by atoms with van der Waals surface area (Å²) in [5.74, 6) is -0.887. The molecule has 0 spiro atoms. The van der Waals surface area contributed by atoms with Crippen molar-refractivity contribution >= 4 is 23.6 Å². The third-order valence-electron chi connectivity index (χ3n) is 2.33. The Bertz CT molecular complexity index is 537. The van der Waals surface area contributed by atoms with E-state index in [-0.39, 0.29) is 11.7 Å². The van der Waals surface area contributed by atoms with Crippen LogP contribution in [-0.4, -0.2) is 24.0 Å².